The molecule has 1 unspecified atom stereocenters. The quantitative estimate of drug-likeness (QED) is 0.696. The number of hydrogen-bond donors (Lipinski definition) is 1. The maximum atomic E-state index is 12.5. The molecule has 1 aromatic heterocycles. The maximum absolute atomic E-state index is 12.5. The summed E-state index contributed by atoms with van der Waals surface area (Å²) >= 11 is 0. The second-order valence-corrected chi connectivity index (χ2v) is 5.82. The van der Waals surface area contributed by atoms with Gasteiger partial charge in [-0.15, -0.1) is 0 Å². The summed E-state index contributed by atoms with van der Waals surface area (Å²) in [4.78, 5) is 16.9. The molecule has 5 heteroatoms. The fourth-order valence-corrected chi connectivity index (χ4v) is 2.77. The van der Waals surface area contributed by atoms with Gasteiger partial charge in [-0.25, -0.2) is 4.98 Å². The molecule has 0 radical (unpaired) electrons. The summed E-state index contributed by atoms with van der Waals surface area (Å²) in [5.41, 5.74) is 1.82. The standard InChI is InChI=1S/C21H21N3O2/c1-24-15-14-22-21(24)20(17-10-6-7-11-18(17)26-2)23-19(25)13-12-16-8-4-3-5-9-16/h3-15,20H,1-2H3,(H,23,25)/b13-12+. The monoisotopic (exact) mass is 347 g/mol. The van der Waals surface area contributed by atoms with Crippen molar-refractivity contribution in [1.82, 2.24) is 14.9 Å². The summed E-state index contributed by atoms with van der Waals surface area (Å²) in [5.74, 6) is 1.23. The number of methoxy groups -OCH3 is 1. The zero-order chi connectivity index (χ0) is 18.4. The van der Waals surface area contributed by atoms with Crippen LogP contribution in [0.15, 0.2) is 73.1 Å². The number of amides is 1. The number of hydrogen-bond acceptors (Lipinski definition) is 3. The topological polar surface area (TPSA) is 56.1 Å². The lowest BCUT2D eigenvalue weighted by molar-refractivity contribution is -0.117. The van der Waals surface area contributed by atoms with E-state index in [9.17, 15) is 4.79 Å². The van der Waals surface area contributed by atoms with Crippen LogP contribution >= 0.6 is 0 Å². The van der Waals surface area contributed by atoms with E-state index in [-0.39, 0.29) is 5.91 Å². The molecular weight excluding hydrogens is 326 g/mol. The molecule has 3 rings (SSSR count). The molecule has 5 nitrogen and oxygen atoms in total. The number of imidazole rings is 1. The van der Waals surface area contributed by atoms with Gasteiger partial charge in [0.25, 0.3) is 0 Å². The van der Waals surface area contributed by atoms with Gasteiger partial charge in [0.05, 0.1) is 7.11 Å². The molecule has 3 aromatic rings. The highest BCUT2D eigenvalue weighted by atomic mass is 16.5. The van der Waals surface area contributed by atoms with Crippen LogP contribution in [0.2, 0.25) is 0 Å². The van der Waals surface area contributed by atoms with Gasteiger partial charge in [-0.2, -0.15) is 0 Å². The predicted molar refractivity (Wildman–Crippen MR) is 102 cm³/mol. The Morgan fingerprint density at radius 2 is 1.88 bits per heavy atom. The highest BCUT2D eigenvalue weighted by Gasteiger charge is 2.22. The van der Waals surface area contributed by atoms with E-state index in [4.69, 9.17) is 4.74 Å². The number of ether oxygens (including phenoxy) is 1. The molecule has 0 fully saturated rings. The number of aromatic nitrogens is 2. The van der Waals surface area contributed by atoms with Crippen molar-refractivity contribution in [2.75, 3.05) is 7.11 Å². The molecule has 0 saturated heterocycles. The van der Waals surface area contributed by atoms with Crippen LogP contribution in [-0.4, -0.2) is 22.6 Å². The minimum atomic E-state index is -0.418. The van der Waals surface area contributed by atoms with Crippen LogP contribution in [0.5, 0.6) is 5.75 Å². The van der Waals surface area contributed by atoms with E-state index in [0.29, 0.717) is 5.75 Å². The first-order valence-electron chi connectivity index (χ1n) is 8.33. The molecule has 1 N–H and O–H groups in total. The van der Waals surface area contributed by atoms with E-state index in [2.05, 4.69) is 10.3 Å². The molecule has 1 heterocycles. The number of aryl methyl sites for hydroxylation is 1. The number of para-hydroxylation sites is 1. The summed E-state index contributed by atoms with van der Waals surface area (Å²) in [6.07, 6.45) is 6.88. The van der Waals surface area contributed by atoms with E-state index < -0.39 is 6.04 Å². The molecule has 0 saturated carbocycles. The Morgan fingerprint density at radius 3 is 2.58 bits per heavy atom. The average molecular weight is 347 g/mol. The Labute approximate surface area is 153 Å². The van der Waals surface area contributed by atoms with Crippen molar-refractivity contribution < 1.29 is 9.53 Å². The van der Waals surface area contributed by atoms with Crippen LogP contribution in [-0.2, 0) is 11.8 Å². The lowest BCUT2D eigenvalue weighted by Gasteiger charge is -2.20. The van der Waals surface area contributed by atoms with Crippen molar-refractivity contribution >= 4 is 12.0 Å². The number of nitrogens with zero attached hydrogens (tertiary/aromatic N) is 2. The van der Waals surface area contributed by atoms with Crippen molar-refractivity contribution in [2.24, 2.45) is 7.05 Å². The molecular formula is C21H21N3O2. The third-order valence-corrected chi connectivity index (χ3v) is 4.08. The van der Waals surface area contributed by atoms with Crippen molar-refractivity contribution in [3.05, 3.63) is 90.0 Å². The maximum Gasteiger partial charge on any atom is 0.244 e. The zero-order valence-electron chi connectivity index (χ0n) is 14.8. The summed E-state index contributed by atoms with van der Waals surface area (Å²) in [6, 6.07) is 16.9. The van der Waals surface area contributed by atoms with E-state index in [1.54, 1.807) is 19.4 Å². The molecule has 2 aromatic carbocycles. The van der Waals surface area contributed by atoms with E-state index in [0.717, 1.165) is 17.0 Å². The second-order valence-electron chi connectivity index (χ2n) is 5.82. The molecule has 1 amide bonds. The van der Waals surface area contributed by atoms with Gasteiger partial charge in [0.15, 0.2) is 0 Å². The van der Waals surface area contributed by atoms with Gasteiger partial charge in [-0.05, 0) is 17.7 Å². The van der Waals surface area contributed by atoms with Crippen molar-refractivity contribution in [2.45, 2.75) is 6.04 Å². The number of nitrogens with one attached hydrogen (secondary N) is 1. The van der Waals surface area contributed by atoms with E-state index in [1.807, 2.05) is 72.4 Å². The number of carbonyl (C=O) groups excluding carboxylic acids is 1. The van der Waals surface area contributed by atoms with Crippen LogP contribution in [0.4, 0.5) is 0 Å². The Morgan fingerprint density at radius 1 is 1.15 bits per heavy atom. The predicted octanol–water partition coefficient (Wildman–Crippen LogP) is 3.35. The molecule has 1 atom stereocenters. The minimum Gasteiger partial charge on any atom is -0.496 e. The zero-order valence-corrected chi connectivity index (χ0v) is 14.8. The van der Waals surface area contributed by atoms with E-state index >= 15 is 0 Å². The van der Waals surface area contributed by atoms with Gasteiger partial charge in [0.2, 0.25) is 5.91 Å². The molecule has 0 aliphatic rings. The van der Waals surface area contributed by atoms with Gasteiger partial charge in [-0.1, -0.05) is 48.5 Å². The van der Waals surface area contributed by atoms with Gasteiger partial charge in [0, 0.05) is 31.1 Å². The summed E-state index contributed by atoms with van der Waals surface area (Å²) in [6.45, 7) is 0. The van der Waals surface area contributed by atoms with Gasteiger partial charge in [0.1, 0.15) is 17.6 Å². The summed E-state index contributed by atoms with van der Waals surface area (Å²) < 4.78 is 7.36. The van der Waals surface area contributed by atoms with Gasteiger partial charge >= 0.3 is 0 Å². The number of benzene rings is 2. The molecule has 132 valence electrons. The highest BCUT2D eigenvalue weighted by Crippen LogP contribution is 2.28. The highest BCUT2D eigenvalue weighted by molar-refractivity contribution is 5.92. The Kier molecular flexibility index (Phi) is 5.49. The van der Waals surface area contributed by atoms with Crippen LogP contribution in [0, 0.1) is 0 Å². The lowest BCUT2D eigenvalue weighted by atomic mass is 10.0. The molecule has 26 heavy (non-hydrogen) atoms. The first-order valence-corrected chi connectivity index (χ1v) is 8.33. The SMILES string of the molecule is COc1ccccc1C(NC(=O)/C=C/c1ccccc1)c1nccn1C. The third kappa shape index (κ3) is 4.00. The minimum absolute atomic E-state index is 0.201. The van der Waals surface area contributed by atoms with Gasteiger partial charge in [-0.3, -0.25) is 4.79 Å². The summed E-state index contributed by atoms with van der Waals surface area (Å²) in [5, 5.41) is 3.03. The van der Waals surface area contributed by atoms with Crippen molar-refractivity contribution in [3.63, 3.8) is 0 Å². The normalized spacial score (nSPS) is 12.1. The Balaban J connectivity index is 1.88. The Bertz CT molecular complexity index is 900. The first kappa shape index (κ1) is 17.5. The van der Waals surface area contributed by atoms with Crippen molar-refractivity contribution in [3.8, 4) is 5.75 Å². The van der Waals surface area contributed by atoms with Crippen LogP contribution < -0.4 is 10.1 Å². The molecule has 0 bridgehead atoms. The third-order valence-electron chi connectivity index (χ3n) is 4.08. The van der Waals surface area contributed by atoms with Crippen molar-refractivity contribution in [1.29, 1.82) is 0 Å². The summed E-state index contributed by atoms with van der Waals surface area (Å²) in [7, 11) is 3.52. The lowest BCUT2D eigenvalue weighted by Crippen LogP contribution is -2.30. The smallest absolute Gasteiger partial charge is 0.244 e. The largest absolute Gasteiger partial charge is 0.496 e. The fourth-order valence-electron chi connectivity index (χ4n) is 2.77. The van der Waals surface area contributed by atoms with Crippen LogP contribution in [0.25, 0.3) is 6.08 Å². The molecule has 0 aliphatic heterocycles. The van der Waals surface area contributed by atoms with E-state index in [1.165, 1.54) is 6.08 Å². The van der Waals surface area contributed by atoms with Gasteiger partial charge < -0.3 is 14.6 Å². The van der Waals surface area contributed by atoms with Crippen LogP contribution in [0.1, 0.15) is 23.0 Å². The fraction of sp³-hybridized carbons (Fsp3) is 0.143. The average Bonchev–Trinajstić information content (AvgIpc) is 3.11. The van der Waals surface area contributed by atoms with Crippen LogP contribution in [0.3, 0.4) is 0 Å². The molecule has 0 spiro atoms. The number of rotatable bonds is 6. The number of carbonyl (C=O) groups is 1. The first-order chi connectivity index (χ1) is 12.7. The molecule has 0 aliphatic carbocycles. The second kappa shape index (κ2) is 8.16. The Hall–Kier alpha value is -3.34.